The lowest BCUT2D eigenvalue weighted by atomic mass is 9.89. The molecule has 1 aliphatic carbocycles. The monoisotopic (exact) mass is 404 g/mol. The second-order valence-corrected chi connectivity index (χ2v) is 7.80. The van der Waals surface area contributed by atoms with E-state index in [1.165, 1.54) is 32.1 Å². The third kappa shape index (κ3) is 3.68. The van der Waals surface area contributed by atoms with Gasteiger partial charge in [0.25, 0.3) is 0 Å². The van der Waals surface area contributed by atoms with Gasteiger partial charge in [0, 0.05) is 16.9 Å². The summed E-state index contributed by atoms with van der Waals surface area (Å²) in [7, 11) is 0. The molecular formula is C22H21ClN6. The predicted molar refractivity (Wildman–Crippen MR) is 115 cm³/mol. The van der Waals surface area contributed by atoms with Gasteiger partial charge < -0.3 is 5.32 Å². The number of anilines is 2. The fraction of sp³-hybridized carbons (Fsp3) is 0.273. The maximum atomic E-state index is 6.38. The normalized spacial score (nSPS) is 14.9. The number of H-pyrrole nitrogens is 1. The number of benzene rings is 2. The molecule has 2 heterocycles. The van der Waals surface area contributed by atoms with Gasteiger partial charge in [0.15, 0.2) is 5.82 Å². The standard InChI is InChI=1S/C22H21ClN6/c23-17-12-6-4-10-15(17)20-24-18-13-7-5-11-16(18)21(25-20)27-22-26-19(28-29-22)14-8-2-1-3-9-14/h4-7,10-14H,1-3,8-9H2,(H2,24,25,26,27,28,29). The van der Waals surface area contributed by atoms with Crippen LogP contribution >= 0.6 is 11.6 Å². The molecule has 2 aromatic heterocycles. The van der Waals surface area contributed by atoms with Crippen molar-refractivity contribution in [3.8, 4) is 11.4 Å². The third-order valence-corrected chi connectivity index (χ3v) is 5.77. The van der Waals surface area contributed by atoms with Crippen LogP contribution in [0.2, 0.25) is 5.02 Å². The summed E-state index contributed by atoms with van der Waals surface area (Å²) in [4.78, 5) is 14.1. The van der Waals surface area contributed by atoms with E-state index in [0.717, 1.165) is 22.3 Å². The van der Waals surface area contributed by atoms with Crippen LogP contribution in [0.3, 0.4) is 0 Å². The summed E-state index contributed by atoms with van der Waals surface area (Å²) in [6.07, 6.45) is 6.16. The molecule has 6 nitrogen and oxygen atoms in total. The zero-order chi connectivity index (χ0) is 19.6. The molecule has 2 aromatic carbocycles. The molecular weight excluding hydrogens is 384 g/mol. The molecule has 146 valence electrons. The first-order valence-corrected chi connectivity index (χ1v) is 10.4. The molecule has 0 atom stereocenters. The number of aromatic nitrogens is 5. The van der Waals surface area contributed by atoms with E-state index < -0.39 is 0 Å². The predicted octanol–water partition coefficient (Wildman–Crippen LogP) is 5.86. The smallest absolute Gasteiger partial charge is 0.247 e. The van der Waals surface area contributed by atoms with Crippen LogP contribution in [0.5, 0.6) is 0 Å². The van der Waals surface area contributed by atoms with Crippen molar-refractivity contribution in [1.29, 1.82) is 0 Å². The molecule has 4 aromatic rings. The van der Waals surface area contributed by atoms with Gasteiger partial charge in [0.1, 0.15) is 11.6 Å². The number of halogens is 1. The number of nitrogens with one attached hydrogen (secondary N) is 2. The van der Waals surface area contributed by atoms with Crippen LogP contribution < -0.4 is 5.32 Å². The molecule has 1 fully saturated rings. The molecule has 0 radical (unpaired) electrons. The first-order valence-electron chi connectivity index (χ1n) is 9.99. The number of para-hydroxylation sites is 1. The van der Waals surface area contributed by atoms with Crippen LogP contribution in [0.1, 0.15) is 43.8 Å². The molecule has 2 N–H and O–H groups in total. The summed E-state index contributed by atoms with van der Waals surface area (Å²) < 4.78 is 0. The van der Waals surface area contributed by atoms with Crippen molar-refractivity contribution in [1.82, 2.24) is 25.1 Å². The average Bonchev–Trinajstić information content (AvgIpc) is 3.23. The Balaban J connectivity index is 1.52. The number of aromatic amines is 1. The second kappa shape index (κ2) is 7.79. The molecule has 0 spiro atoms. The van der Waals surface area contributed by atoms with Gasteiger partial charge in [-0.05, 0) is 37.1 Å². The number of rotatable bonds is 4. The van der Waals surface area contributed by atoms with Crippen LogP contribution in [0.15, 0.2) is 48.5 Å². The summed E-state index contributed by atoms with van der Waals surface area (Å²) in [5, 5.41) is 12.3. The van der Waals surface area contributed by atoms with Crippen molar-refractivity contribution >= 4 is 34.3 Å². The van der Waals surface area contributed by atoms with Crippen molar-refractivity contribution in [2.45, 2.75) is 38.0 Å². The summed E-state index contributed by atoms with van der Waals surface area (Å²) in [5.74, 6) is 3.18. The van der Waals surface area contributed by atoms with E-state index in [0.29, 0.717) is 28.5 Å². The summed E-state index contributed by atoms with van der Waals surface area (Å²) >= 11 is 6.38. The Morgan fingerprint density at radius 3 is 2.55 bits per heavy atom. The first-order chi connectivity index (χ1) is 14.3. The lowest BCUT2D eigenvalue weighted by Gasteiger charge is -2.18. The Morgan fingerprint density at radius 2 is 1.69 bits per heavy atom. The highest BCUT2D eigenvalue weighted by atomic mass is 35.5. The molecule has 5 rings (SSSR count). The van der Waals surface area contributed by atoms with Gasteiger partial charge in [-0.2, -0.15) is 4.98 Å². The first kappa shape index (κ1) is 18.1. The van der Waals surface area contributed by atoms with Crippen molar-refractivity contribution in [3.05, 3.63) is 59.4 Å². The van der Waals surface area contributed by atoms with E-state index in [1.807, 2.05) is 48.5 Å². The fourth-order valence-electron chi connectivity index (χ4n) is 3.93. The maximum Gasteiger partial charge on any atom is 0.247 e. The van der Waals surface area contributed by atoms with Gasteiger partial charge in [-0.25, -0.2) is 9.97 Å². The Bertz CT molecular complexity index is 1150. The van der Waals surface area contributed by atoms with Gasteiger partial charge in [-0.15, -0.1) is 5.10 Å². The van der Waals surface area contributed by atoms with Gasteiger partial charge in [-0.1, -0.05) is 55.1 Å². The molecule has 0 aliphatic heterocycles. The van der Waals surface area contributed by atoms with Crippen LogP contribution in [-0.4, -0.2) is 25.1 Å². The molecule has 29 heavy (non-hydrogen) atoms. The Labute approximate surface area is 173 Å². The average molecular weight is 405 g/mol. The van der Waals surface area contributed by atoms with Crippen molar-refractivity contribution in [2.75, 3.05) is 5.32 Å². The molecule has 0 saturated heterocycles. The van der Waals surface area contributed by atoms with E-state index in [2.05, 4.69) is 15.5 Å². The van der Waals surface area contributed by atoms with Crippen molar-refractivity contribution in [2.24, 2.45) is 0 Å². The highest BCUT2D eigenvalue weighted by Gasteiger charge is 2.20. The highest BCUT2D eigenvalue weighted by molar-refractivity contribution is 6.33. The van der Waals surface area contributed by atoms with Gasteiger partial charge in [0.05, 0.1) is 10.5 Å². The molecule has 1 aliphatic rings. The van der Waals surface area contributed by atoms with Crippen LogP contribution in [0, 0.1) is 0 Å². The summed E-state index contributed by atoms with van der Waals surface area (Å²) in [6, 6.07) is 15.5. The lowest BCUT2D eigenvalue weighted by Crippen LogP contribution is -2.06. The SMILES string of the molecule is Clc1ccccc1-c1nc(Nc2n[nH]c(C3CCCCC3)n2)c2ccccc2n1. The third-order valence-electron chi connectivity index (χ3n) is 5.44. The minimum Gasteiger partial charge on any atom is -0.307 e. The lowest BCUT2D eigenvalue weighted by molar-refractivity contribution is 0.429. The Kier molecular flexibility index (Phi) is 4.86. The second-order valence-electron chi connectivity index (χ2n) is 7.40. The van der Waals surface area contributed by atoms with E-state index in [4.69, 9.17) is 26.6 Å². The van der Waals surface area contributed by atoms with Crippen LogP contribution in [-0.2, 0) is 0 Å². The number of nitrogens with zero attached hydrogens (tertiary/aromatic N) is 4. The Morgan fingerprint density at radius 1 is 0.897 bits per heavy atom. The molecule has 1 saturated carbocycles. The van der Waals surface area contributed by atoms with Gasteiger partial charge in [-0.3, -0.25) is 5.10 Å². The van der Waals surface area contributed by atoms with E-state index in [1.54, 1.807) is 0 Å². The minimum atomic E-state index is 0.465. The molecule has 0 amide bonds. The van der Waals surface area contributed by atoms with Gasteiger partial charge in [0.2, 0.25) is 5.95 Å². The Hall–Kier alpha value is -2.99. The maximum absolute atomic E-state index is 6.38. The summed E-state index contributed by atoms with van der Waals surface area (Å²) in [5.41, 5.74) is 1.63. The fourth-order valence-corrected chi connectivity index (χ4v) is 4.15. The summed E-state index contributed by atoms with van der Waals surface area (Å²) in [6.45, 7) is 0. The largest absolute Gasteiger partial charge is 0.307 e. The van der Waals surface area contributed by atoms with Crippen LogP contribution in [0.4, 0.5) is 11.8 Å². The van der Waals surface area contributed by atoms with Crippen molar-refractivity contribution < 1.29 is 0 Å². The van der Waals surface area contributed by atoms with Gasteiger partial charge >= 0.3 is 0 Å². The van der Waals surface area contributed by atoms with E-state index in [9.17, 15) is 0 Å². The quantitative estimate of drug-likeness (QED) is 0.445. The van der Waals surface area contributed by atoms with E-state index in [-0.39, 0.29) is 0 Å². The number of hydrogen-bond donors (Lipinski definition) is 2. The molecule has 0 bridgehead atoms. The highest BCUT2D eigenvalue weighted by Crippen LogP contribution is 2.32. The van der Waals surface area contributed by atoms with Crippen LogP contribution in [0.25, 0.3) is 22.3 Å². The topological polar surface area (TPSA) is 79.4 Å². The van der Waals surface area contributed by atoms with Crippen molar-refractivity contribution in [3.63, 3.8) is 0 Å². The minimum absolute atomic E-state index is 0.465. The molecule has 7 heteroatoms. The molecule has 0 unspecified atom stereocenters. The zero-order valence-electron chi connectivity index (χ0n) is 15.9. The number of fused-ring (bicyclic) bond motifs is 1. The number of hydrogen-bond acceptors (Lipinski definition) is 5. The van der Waals surface area contributed by atoms with E-state index >= 15 is 0 Å². The zero-order valence-corrected chi connectivity index (χ0v) is 16.7.